The summed E-state index contributed by atoms with van der Waals surface area (Å²) in [6.07, 6.45) is 5.05. The minimum absolute atomic E-state index is 0.909. The van der Waals surface area contributed by atoms with Crippen molar-refractivity contribution in [2.45, 2.75) is 25.7 Å². The molecule has 1 saturated carbocycles. The van der Waals surface area contributed by atoms with E-state index in [2.05, 4.69) is 35.6 Å². The summed E-state index contributed by atoms with van der Waals surface area (Å²) in [4.78, 5) is 6.33. The van der Waals surface area contributed by atoms with Gasteiger partial charge < -0.3 is 5.32 Å². The van der Waals surface area contributed by atoms with Gasteiger partial charge in [0.1, 0.15) is 0 Å². The fraction of sp³-hybridized carbons (Fsp3) is 0.438. The second-order valence-corrected chi connectivity index (χ2v) is 6.41. The van der Waals surface area contributed by atoms with Crippen LogP contribution in [0.25, 0.3) is 11.3 Å². The Labute approximate surface area is 118 Å². The van der Waals surface area contributed by atoms with E-state index in [0.29, 0.717) is 0 Å². The Morgan fingerprint density at radius 3 is 2.74 bits per heavy atom. The topological polar surface area (TPSA) is 24.9 Å². The third kappa shape index (κ3) is 3.23. The summed E-state index contributed by atoms with van der Waals surface area (Å²) in [5, 5.41) is 4.56. The molecule has 0 amide bonds. The lowest BCUT2D eigenvalue weighted by molar-refractivity contribution is 0.798. The van der Waals surface area contributed by atoms with Gasteiger partial charge in [0.15, 0.2) is 0 Å². The molecular formula is C16H20N2S. The van der Waals surface area contributed by atoms with Gasteiger partial charge in [0.05, 0.1) is 10.7 Å². The molecule has 0 atom stereocenters. The Morgan fingerprint density at radius 2 is 2.05 bits per heavy atom. The number of aromatic nitrogens is 1. The second-order valence-electron chi connectivity index (χ2n) is 5.25. The van der Waals surface area contributed by atoms with E-state index in [0.717, 1.165) is 18.9 Å². The maximum atomic E-state index is 4.90. The van der Waals surface area contributed by atoms with Crippen LogP contribution in [0.2, 0.25) is 0 Å². The molecular weight excluding hydrogens is 252 g/mol. The maximum absolute atomic E-state index is 4.90. The highest BCUT2D eigenvalue weighted by atomic mass is 32.1. The molecule has 1 fully saturated rings. The average molecular weight is 272 g/mol. The summed E-state index contributed by atoms with van der Waals surface area (Å²) in [7, 11) is 2.01. The molecule has 0 unspecified atom stereocenters. The van der Waals surface area contributed by atoms with Crippen LogP contribution < -0.4 is 5.32 Å². The first-order valence-electron chi connectivity index (χ1n) is 7.05. The smallest absolute Gasteiger partial charge is 0.0938 e. The van der Waals surface area contributed by atoms with Crippen molar-refractivity contribution in [1.29, 1.82) is 0 Å². The molecule has 2 aromatic rings. The summed E-state index contributed by atoms with van der Waals surface area (Å²) in [5.41, 5.74) is 2.46. The maximum Gasteiger partial charge on any atom is 0.0938 e. The lowest BCUT2D eigenvalue weighted by Crippen LogP contribution is -2.09. The Kier molecular flexibility index (Phi) is 3.95. The standard InChI is InChI=1S/C16H20N2S/c1-17-10-9-14-16(13-5-3-2-4-6-13)18-15(19-14)11-12-7-8-12/h2-6,12,17H,7-11H2,1H3. The Morgan fingerprint density at radius 1 is 1.26 bits per heavy atom. The lowest BCUT2D eigenvalue weighted by Gasteiger charge is -2.01. The molecule has 100 valence electrons. The van der Waals surface area contributed by atoms with Gasteiger partial charge in [-0.2, -0.15) is 0 Å². The van der Waals surface area contributed by atoms with Crippen molar-refractivity contribution in [3.63, 3.8) is 0 Å². The fourth-order valence-electron chi connectivity index (χ4n) is 2.29. The molecule has 19 heavy (non-hydrogen) atoms. The van der Waals surface area contributed by atoms with Crippen LogP contribution in [0.4, 0.5) is 0 Å². The van der Waals surface area contributed by atoms with E-state index in [1.54, 1.807) is 0 Å². The number of nitrogens with zero attached hydrogens (tertiary/aromatic N) is 1. The third-order valence-corrected chi connectivity index (χ3v) is 4.69. The minimum atomic E-state index is 0.909. The molecule has 1 aromatic carbocycles. The summed E-state index contributed by atoms with van der Waals surface area (Å²) in [5.74, 6) is 0.909. The van der Waals surface area contributed by atoms with E-state index in [4.69, 9.17) is 4.98 Å². The fourth-order valence-corrected chi connectivity index (χ4v) is 3.49. The van der Waals surface area contributed by atoms with E-state index in [9.17, 15) is 0 Å². The molecule has 0 spiro atoms. The number of benzene rings is 1. The molecule has 1 aliphatic carbocycles. The van der Waals surface area contributed by atoms with Crippen molar-refractivity contribution in [3.8, 4) is 11.3 Å². The first kappa shape index (κ1) is 12.8. The molecule has 0 aliphatic heterocycles. The summed E-state index contributed by atoms with van der Waals surface area (Å²) in [6, 6.07) is 10.6. The quantitative estimate of drug-likeness (QED) is 0.870. The predicted octanol–water partition coefficient (Wildman–Crippen LogP) is 3.52. The van der Waals surface area contributed by atoms with Crippen LogP contribution >= 0.6 is 11.3 Å². The van der Waals surface area contributed by atoms with Crippen molar-refractivity contribution >= 4 is 11.3 Å². The molecule has 1 aliphatic rings. The molecule has 1 aromatic heterocycles. The normalized spacial score (nSPS) is 14.8. The number of likely N-dealkylation sites (N-methyl/N-ethyl adjacent to an activating group) is 1. The van der Waals surface area contributed by atoms with Crippen molar-refractivity contribution in [3.05, 3.63) is 40.2 Å². The molecule has 0 bridgehead atoms. The van der Waals surface area contributed by atoms with Gasteiger partial charge in [-0.25, -0.2) is 4.98 Å². The summed E-state index contributed by atoms with van der Waals surface area (Å²) < 4.78 is 0. The van der Waals surface area contributed by atoms with Crippen LogP contribution in [0.15, 0.2) is 30.3 Å². The molecule has 2 nitrogen and oxygen atoms in total. The SMILES string of the molecule is CNCCc1sc(CC2CC2)nc1-c1ccccc1. The van der Waals surface area contributed by atoms with Crippen molar-refractivity contribution in [2.75, 3.05) is 13.6 Å². The largest absolute Gasteiger partial charge is 0.319 e. The Hall–Kier alpha value is -1.19. The van der Waals surface area contributed by atoms with Crippen LogP contribution in [0, 0.1) is 5.92 Å². The first-order chi connectivity index (χ1) is 9.36. The first-order valence-corrected chi connectivity index (χ1v) is 7.87. The average Bonchev–Trinajstić information content (AvgIpc) is 3.16. The van der Waals surface area contributed by atoms with Crippen molar-refractivity contribution in [1.82, 2.24) is 10.3 Å². The van der Waals surface area contributed by atoms with Gasteiger partial charge in [0.2, 0.25) is 0 Å². The minimum Gasteiger partial charge on any atom is -0.319 e. The molecule has 0 radical (unpaired) electrons. The summed E-state index contributed by atoms with van der Waals surface area (Å²) >= 11 is 1.91. The number of thiazole rings is 1. The molecule has 3 heteroatoms. The van der Waals surface area contributed by atoms with Crippen LogP contribution in [-0.2, 0) is 12.8 Å². The van der Waals surface area contributed by atoms with E-state index in [1.165, 1.54) is 40.4 Å². The van der Waals surface area contributed by atoms with Crippen LogP contribution in [-0.4, -0.2) is 18.6 Å². The van der Waals surface area contributed by atoms with Crippen molar-refractivity contribution in [2.24, 2.45) is 5.92 Å². The Balaban J connectivity index is 1.88. The second kappa shape index (κ2) is 5.85. The number of nitrogens with one attached hydrogen (secondary N) is 1. The highest BCUT2D eigenvalue weighted by Gasteiger charge is 2.24. The van der Waals surface area contributed by atoms with Gasteiger partial charge in [-0.05, 0) is 38.8 Å². The van der Waals surface area contributed by atoms with Gasteiger partial charge in [-0.1, -0.05) is 30.3 Å². The van der Waals surface area contributed by atoms with Gasteiger partial charge in [-0.3, -0.25) is 0 Å². The monoisotopic (exact) mass is 272 g/mol. The van der Waals surface area contributed by atoms with Crippen LogP contribution in [0.5, 0.6) is 0 Å². The summed E-state index contributed by atoms with van der Waals surface area (Å²) in [6.45, 7) is 1.02. The number of rotatable bonds is 6. The molecule has 1 N–H and O–H groups in total. The van der Waals surface area contributed by atoms with E-state index < -0.39 is 0 Å². The molecule has 3 rings (SSSR count). The van der Waals surface area contributed by atoms with Crippen molar-refractivity contribution < 1.29 is 0 Å². The highest BCUT2D eigenvalue weighted by molar-refractivity contribution is 7.12. The highest BCUT2D eigenvalue weighted by Crippen LogP contribution is 2.36. The lowest BCUT2D eigenvalue weighted by atomic mass is 10.1. The van der Waals surface area contributed by atoms with E-state index in [-0.39, 0.29) is 0 Å². The van der Waals surface area contributed by atoms with E-state index in [1.807, 2.05) is 18.4 Å². The molecule has 0 saturated heterocycles. The zero-order valence-corrected chi connectivity index (χ0v) is 12.2. The number of hydrogen-bond donors (Lipinski definition) is 1. The van der Waals surface area contributed by atoms with E-state index >= 15 is 0 Å². The van der Waals surface area contributed by atoms with Crippen LogP contribution in [0.1, 0.15) is 22.7 Å². The Bertz CT molecular complexity index is 529. The van der Waals surface area contributed by atoms with Gasteiger partial charge in [-0.15, -0.1) is 11.3 Å². The van der Waals surface area contributed by atoms with Gasteiger partial charge in [0, 0.05) is 16.9 Å². The zero-order valence-electron chi connectivity index (χ0n) is 11.4. The van der Waals surface area contributed by atoms with Crippen LogP contribution in [0.3, 0.4) is 0 Å². The zero-order chi connectivity index (χ0) is 13.1. The predicted molar refractivity (Wildman–Crippen MR) is 81.6 cm³/mol. The third-order valence-electron chi connectivity index (χ3n) is 3.55. The van der Waals surface area contributed by atoms with Gasteiger partial charge >= 0.3 is 0 Å². The number of hydrogen-bond acceptors (Lipinski definition) is 3. The van der Waals surface area contributed by atoms with Gasteiger partial charge in [0.25, 0.3) is 0 Å². The molecule has 1 heterocycles.